The van der Waals surface area contributed by atoms with Gasteiger partial charge in [0.25, 0.3) is 0 Å². The fourth-order valence-corrected chi connectivity index (χ4v) is 5.12. The van der Waals surface area contributed by atoms with E-state index < -0.39 is 30.6 Å². The Kier molecular flexibility index (Phi) is 6.38. The van der Waals surface area contributed by atoms with E-state index in [9.17, 15) is 28.9 Å². The summed E-state index contributed by atoms with van der Waals surface area (Å²) in [5.74, 6) is -2.38. The average molecular weight is 457 g/mol. The van der Waals surface area contributed by atoms with E-state index in [1.165, 1.54) is 31.2 Å². The van der Waals surface area contributed by atoms with Crippen LogP contribution in [0.5, 0.6) is 0 Å². The second kappa shape index (κ2) is 8.58. The molecule has 0 aliphatic carbocycles. The maximum absolute atomic E-state index is 13.6. The van der Waals surface area contributed by atoms with Crippen LogP contribution in [0.2, 0.25) is 0 Å². The quantitative estimate of drug-likeness (QED) is 0.346. The zero-order valence-electron chi connectivity index (χ0n) is 18.0. The van der Waals surface area contributed by atoms with Crippen molar-refractivity contribution in [2.45, 2.75) is 37.4 Å². The summed E-state index contributed by atoms with van der Waals surface area (Å²) in [7, 11) is -3.89. The van der Waals surface area contributed by atoms with E-state index in [0.29, 0.717) is 22.0 Å². The Labute approximate surface area is 185 Å². The second-order valence-corrected chi connectivity index (χ2v) is 9.52. The van der Waals surface area contributed by atoms with Gasteiger partial charge in [0.05, 0.1) is 11.2 Å². The molecule has 3 atom stereocenters. The van der Waals surface area contributed by atoms with Crippen molar-refractivity contribution in [2.24, 2.45) is 0 Å². The molecule has 0 bridgehead atoms. The van der Waals surface area contributed by atoms with Gasteiger partial charge in [0.1, 0.15) is 11.4 Å². The highest BCUT2D eigenvalue weighted by molar-refractivity contribution is 7.42. The molecule has 0 fully saturated rings. The lowest BCUT2D eigenvalue weighted by Crippen LogP contribution is -2.52. The predicted octanol–water partition coefficient (Wildman–Crippen LogP) is 4.85. The molecule has 0 saturated heterocycles. The van der Waals surface area contributed by atoms with Crippen LogP contribution in [0.3, 0.4) is 0 Å². The van der Waals surface area contributed by atoms with Crippen LogP contribution in [0, 0.1) is 5.82 Å². The van der Waals surface area contributed by atoms with Gasteiger partial charge in [-0.15, -0.1) is 6.58 Å². The molecule has 0 amide bonds. The van der Waals surface area contributed by atoms with Crippen molar-refractivity contribution in [3.63, 3.8) is 0 Å². The van der Waals surface area contributed by atoms with Gasteiger partial charge in [-0.2, -0.15) is 0 Å². The van der Waals surface area contributed by atoms with Gasteiger partial charge in [0.2, 0.25) is 8.03 Å². The first-order valence-electron chi connectivity index (χ1n) is 10.0. The minimum Gasteiger partial charge on any atom is -0.480 e. The minimum absolute atomic E-state index is 0.0903. The molecule has 0 aliphatic heterocycles. The van der Waals surface area contributed by atoms with Crippen molar-refractivity contribution in [3.05, 3.63) is 78.1 Å². The summed E-state index contributed by atoms with van der Waals surface area (Å²) >= 11 is 0. The molecule has 1 heterocycles. The van der Waals surface area contributed by atoms with Gasteiger partial charge in [-0.05, 0) is 48.7 Å². The largest absolute Gasteiger partial charge is 0.480 e. The predicted molar refractivity (Wildman–Crippen MR) is 123 cm³/mol. The third-order valence-corrected chi connectivity index (χ3v) is 7.44. The van der Waals surface area contributed by atoms with Gasteiger partial charge in [-0.1, -0.05) is 38.1 Å². The summed E-state index contributed by atoms with van der Waals surface area (Å²) in [6, 6.07) is 12.5. The maximum atomic E-state index is 13.6. The van der Waals surface area contributed by atoms with Crippen LogP contribution < -0.4 is 0 Å². The van der Waals surface area contributed by atoms with Crippen LogP contribution in [0.1, 0.15) is 37.8 Å². The first-order valence-corrected chi connectivity index (χ1v) is 11.4. The van der Waals surface area contributed by atoms with E-state index in [-0.39, 0.29) is 17.2 Å². The molecule has 168 valence electrons. The summed E-state index contributed by atoms with van der Waals surface area (Å²) < 4.78 is 26.1. The number of aromatic nitrogens is 1. The van der Waals surface area contributed by atoms with Crippen LogP contribution >= 0.6 is 8.03 Å². The molecular weight excluding hydrogens is 432 g/mol. The topological polar surface area (TPSA) is 108 Å². The Hall–Kier alpha value is -2.86. The lowest BCUT2D eigenvalue weighted by molar-refractivity contribution is -0.145. The number of fused-ring (bicyclic) bond motifs is 1. The molecule has 32 heavy (non-hydrogen) atoms. The Morgan fingerprint density at radius 1 is 1.19 bits per heavy atom. The number of nitrogens with zero attached hydrogens (tertiary/aromatic N) is 1. The molecule has 0 spiro atoms. The van der Waals surface area contributed by atoms with E-state index >= 15 is 0 Å². The van der Waals surface area contributed by atoms with Gasteiger partial charge in [-0.3, -0.25) is 9.36 Å². The monoisotopic (exact) mass is 457 g/mol. The molecule has 6 nitrogen and oxygen atoms in total. The zero-order valence-corrected chi connectivity index (χ0v) is 19.0. The molecular formula is C24H25FNO5P. The van der Waals surface area contributed by atoms with E-state index in [4.69, 9.17) is 0 Å². The Bertz CT molecular complexity index is 1210. The van der Waals surface area contributed by atoms with Crippen LogP contribution in [0.25, 0.3) is 22.2 Å². The van der Waals surface area contributed by atoms with Gasteiger partial charge < -0.3 is 15.1 Å². The van der Waals surface area contributed by atoms with Crippen LogP contribution in [0.15, 0.2) is 61.2 Å². The van der Waals surface area contributed by atoms with Gasteiger partial charge in [-0.25, -0.2) is 9.37 Å². The lowest BCUT2D eigenvalue weighted by atomic mass is 9.75. The number of pyridine rings is 1. The van der Waals surface area contributed by atoms with E-state index in [0.717, 1.165) is 6.08 Å². The molecule has 1 aromatic heterocycles. The normalized spacial score (nSPS) is 16.3. The molecule has 3 N–H and O–H groups in total. The number of aliphatic carboxylic acids is 1. The van der Waals surface area contributed by atoms with E-state index in [1.807, 2.05) is 13.8 Å². The highest BCUT2D eigenvalue weighted by atomic mass is 31.1. The number of aliphatic hydroxyl groups is 1. The molecule has 2 aromatic carbocycles. The second-order valence-electron chi connectivity index (χ2n) is 8.12. The minimum atomic E-state index is -3.89. The van der Waals surface area contributed by atoms with Crippen molar-refractivity contribution < 1.29 is 28.9 Å². The van der Waals surface area contributed by atoms with Crippen LogP contribution in [-0.2, 0) is 15.0 Å². The summed E-state index contributed by atoms with van der Waals surface area (Å²) in [6.45, 7) is 8.40. The molecule has 3 unspecified atom stereocenters. The molecule has 0 saturated carbocycles. The molecule has 0 radical (unpaired) electrons. The number of carboxylic acid groups (broad SMARTS) is 1. The number of carboxylic acids is 1. The SMILES string of the molecule is C=CC(C(=O)O)([PH](=O)O)C(C)(O)c1c(-c2ccc(F)cc2)nc2ccccc2c1C(C)C. The summed E-state index contributed by atoms with van der Waals surface area (Å²) in [4.78, 5) is 27.1. The van der Waals surface area contributed by atoms with Crippen molar-refractivity contribution in [1.82, 2.24) is 4.98 Å². The summed E-state index contributed by atoms with van der Waals surface area (Å²) in [6.07, 6.45) is 0.810. The molecule has 3 rings (SSSR count). The fourth-order valence-electron chi connectivity index (χ4n) is 4.23. The first kappa shape index (κ1) is 23.8. The Morgan fingerprint density at radius 3 is 2.28 bits per heavy atom. The Balaban J connectivity index is 2.58. The van der Waals surface area contributed by atoms with Crippen LogP contribution in [0.4, 0.5) is 4.39 Å². The standard InChI is InChI=1S/C24H25FNO5P/c1-5-24(22(27)28,32(30)31)23(4,29)20-19(14(2)3)17-8-6-7-9-18(17)26-21(20)15-10-12-16(25)13-11-15/h5-14,29,32H,1H2,2-4H3,(H,27,28)(H,30,31). The molecule has 8 heteroatoms. The lowest BCUT2D eigenvalue weighted by Gasteiger charge is -2.40. The van der Waals surface area contributed by atoms with Crippen molar-refractivity contribution >= 4 is 24.9 Å². The van der Waals surface area contributed by atoms with Gasteiger partial charge >= 0.3 is 5.97 Å². The summed E-state index contributed by atoms with van der Waals surface area (Å²) in [5, 5.41) is 19.9. The number of para-hydroxylation sites is 1. The maximum Gasteiger partial charge on any atom is 0.326 e. The Morgan fingerprint density at radius 2 is 1.78 bits per heavy atom. The number of rotatable bonds is 7. The van der Waals surface area contributed by atoms with E-state index in [1.54, 1.807) is 24.3 Å². The highest BCUT2D eigenvalue weighted by Gasteiger charge is 2.58. The van der Waals surface area contributed by atoms with E-state index in [2.05, 4.69) is 11.6 Å². The van der Waals surface area contributed by atoms with Crippen molar-refractivity contribution in [2.75, 3.05) is 0 Å². The van der Waals surface area contributed by atoms with Gasteiger partial charge in [0.15, 0.2) is 5.16 Å². The van der Waals surface area contributed by atoms with Crippen LogP contribution in [-0.4, -0.2) is 31.2 Å². The number of halogens is 1. The third-order valence-electron chi connectivity index (χ3n) is 5.86. The summed E-state index contributed by atoms with van der Waals surface area (Å²) in [5.41, 5.74) is -0.496. The average Bonchev–Trinajstić information content (AvgIpc) is 2.72. The van der Waals surface area contributed by atoms with Gasteiger partial charge in [0, 0.05) is 16.5 Å². The number of hydrogen-bond donors (Lipinski definition) is 3. The number of hydrogen-bond acceptors (Lipinski definition) is 4. The highest BCUT2D eigenvalue weighted by Crippen LogP contribution is 2.54. The molecule has 0 aliphatic rings. The number of benzene rings is 2. The smallest absolute Gasteiger partial charge is 0.326 e. The molecule has 3 aromatic rings. The van der Waals surface area contributed by atoms with Crippen molar-refractivity contribution in [3.8, 4) is 11.3 Å². The number of carbonyl (C=O) groups is 1. The fraction of sp³-hybridized carbons (Fsp3) is 0.250. The van der Waals surface area contributed by atoms with Crippen molar-refractivity contribution in [1.29, 1.82) is 0 Å². The zero-order chi connectivity index (χ0) is 23.8. The third kappa shape index (κ3) is 3.56. The first-order chi connectivity index (χ1) is 15.0.